The van der Waals surface area contributed by atoms with Gasteiger partial charge in [-0.1, -0.05) is 18.2 Å². The summed E-state index contributed by atoms with van der Waals surface area (Å²) in [5.41, 5.74) is 2.11. The number of hydrogen-bond acceptors (Lipinski definition) is 4. The summed E-state index contributed by atoms with van der Waals surface area (Å²) in [5, 5.41) is 4.32. The second-order valence-corrected chi connectivity index (χ2v) is 5.91. The molecule has 0 saturated carbocycles. The van der Waals surface area contributed by atoms with Gasteiger partial charge >= 0.3 is 5.97 Å². The quantitative estimate of drug-likeness (QED) is 0.791. The number of aromatic nitrogens is 2. The number of methoxy groups -OCH3 is 1. The molecule has 126 valence electrons. The lowest BCUT2D eigenvalue weighted by atomic mass is 9.97. The lowest BCUT2D eigenvalue weighted by Crippen LogP contribution is -2.41. The van der Waals surface area contributed by atoms with Crippen LogP contribution in [0.3, 0.4) is 0 Å². The molecule has 0 unspecified atom stereocenters. The molecule has 1 aromatic heterocycles. The minimum absolute atomic E-state index is 0.0307. The SMILES string of the molecule is COC(=O)CCCC(=O)N1C[C@H](n2cccn2)Cc2ccccc21. The first-order valence-corrected chi connectivity index (χ1v) is 8.13. The van der Waals surface area contributed by atoms with Gasteiger partial charge in [-0.25, -0.2) is 0 Å². The standard InChI is InChI=1S/C18H21N3O3/c1-24-18(23)9-4-8-17(22)20-13-15(21-11-5-10-19-21)12-14-6-2-3-7-16(14)20/h2-3,5-7,10-11,15H,4,8-9,12-13H2,1H3/t15-/m1/s1. The van der Waals surface area contributed by atoms with E-state index in [0.29, 0.717) is 19.4 Å². The van der Waals surface area contributed by atoms with Crippen molar-refractivity contribution in [2.75, 3.05) is 18.6 Å². The van der Waals surface area contributed by atoms with Gasteiger partial charge in [-0.3, -0.25) is 14.3 Å². The molecule has 2 aromatic rings. The highest BCUT2D eigenvalue weighted by atomic mass is 16.5. The number of fused-ring (bicyclic) bond motifs is 1. The lowest BCUT2D eigenvalue weighted by molar-refractivity contribution is -0.140. The maximum atomic E-state index is 12.7. The third-order valence-electron chi connectivity index (χ3n) is 4.33. The van der Waals surface area contributed by atoms with Gasteiger partial charge in [-0.05, 0) is 30.5 Å². The average molecular weight is 327 g/mol. The van der Waals surface area contributed by atoms with E-state index in [-0.39, 0.29) is 24.3 Å². The number of amides is 1. The lowest BCUT2D eigenvalue weighted by Gasteiger charge is -2.34. The smallest absolute Gasteiger partial charge is 0.305 e. The Hall–Kier alpha value is -2.63. The first kappa shape index (κ1) is 16.2. The van der Waals surface area contributed by atoms with Crippen molar-refractivity contribution in [3.05, 3.63) is 48.3 Å². The Bertz CT molecular complexity index is 712. The van der Waals surface area contributed by atoms with Crippen LogP contribution in [0, 0.1) is 0 Å². The average Bonchev–Trinajstić information content (AvgIpc) is 3.15. The molecule has 0 radical (unpaired) electrons. The molecule has 1 aliphatic rings. The monoisotopic (exact) mass is 327 g/mol. The fourth-order valence-electron chi connectivity index (χ4n) is 3.11. The molecular weight excluding hydrogens is 306 g/mol. The number of anilines is 1. The molecule has 1 aromatic carbocycles. The van der Waals surface area contributed by atoms with Crippen LogP contribution in [-0.4, -0.2) is 35.3 Å². The molecule has 24 heavy (non-hydrogen) atoms. The van der Waals surface area contributed by atoms with Crippen LogP contribution >= 0.6 is 0 Å². The summed E-state index contributed by atoms with van der Waals surface area (Å²) < 4.78 is 6.53. The van der Waals surface area contributed by atoms with Crippen molar-refractivity contribution >= 4 is 17.6 Å². The normalized spacial score (nSPS) is 16.5. The van der Waals surface area contributed by atoms with Crippen molar-refractivity contribution in [1.82, 2.24) is 9.78 Å². The first-order chi connectivity index (χ1) is 11.7. The van der Waals surface area contributed by atoms with E-state index in [1.165, 1.54) is 7.11 Å². The van der Waals surface area contributed by atoms with Gasteiger partial charge in [-0.15, -0.1) is 0 Å². The summed E-state index contributed by atoms with van der Waals surface area (Å²) in [5.74, 6) is -0.250. The van der Waals surface area contributed by atoms with Gasteiger partial charge in [0.25, 0.3) is 0 Å². The number of para-hydroxylation sites is 1. The van der Waals surface area contributed by atoms with Gasteiger partial charge in [0.1, 0.15) is 0 Å². The third-order valence-corrected chi connectivity index (χ3v) is 4.33. The number of nitrogens with zero attached hydrogens (tertiary/aromatic N) is 3. The van der Waals surface area contributed by atoms with Crippen LogP contribution < -0.4 is 4.90 Å². The zero-order valence-corrected chi connectivity index (χ0v) is 13.7. The summed E-state index contributed by atoms with van der Waals surface area (Å²) in [4.78, 5) is 25.7. The Balaban J connectivity index is 1.75. The second kappa shape index (κ2) is 7.29. The number of carbonyl (C=O) groups is 2. The van der Waals surface area contributed by atoms with Crippen molar-refractivity contribution < 1.29 is 14.3 Å². The maximum absolute atomic E-state index is 12.7. The molecule has 3 rings (SSSR count). The summed E-state index contributed by atoms with van der Waals surface area (Å²) in [6, 6.07) is 9.99. The minimum atomic E-state index is -0.281. The van der Waals surface area contributed by atoms with E-state index in [1.54, 1.807) is 6.20 Å². The summed E-state index contributed by atoms with van der Waals surface area (Å²) in [7, 11) is 1.36. The van der Waals surface area contributed by atoms with E-state index in [4.69, 9.17) is 0 Å². The first-order valence-electron chi connectivity index (χ1n) is 8.13. The Morgan fingerprint density at radius 3 is 2.83 bits per heavy atom. The Labute approximate surface area is 141 Å². The van der Waals surface area contributed by atoms with Gasteiger partial charge < -0.3 is 9.64 Å². The van der Waals surface area contributed by atoms with Crippen LogP contribution in [0.5, 0.6) is 0 Å². The molecule has 0 bridgehead atoms. The number of hydrogen-bond donors (Lipinski definition) is 0. The molecule has 6 nitrogen and oxygen atoms in total. The molecule has 6 heteroatoms. The predicted octanol–water partition coefficient (Wildman–Crippen LogP) is 2.36. The molecule has 0 N–H and O–H groups in total. The zero-order chi connectivity index (χ0) is 16.9. The van der Waals surface area contributed by atoms with Crippen molar-refractivity contribution in [3.8, 4) is 0 Å². The fraction of sp³-hybridized carbons (Fsp3) is 0.389. The number of carbonyl (C=O) groups excluding carboxylic acids is 2. The highest BCUT2D eigenvalue weighted by molar-refractivity contribution is 5.94. The highest BCUT2D eigenvalue weighted by Gasteiger charge is 2.29. The zero-order valence-electron chi connectivity index (χ0n) is 13.7. The van der Waals surface area contributed by atoms with Crippen molar-refractivity contribution in [1.29, 1.82) is 0 Å². The maximum Gasteiger partial charge on any atom is 0.305 e. The van der Waals surface area contributed by atoms with Crippen LogP contribution in [-0.2, 0) is 20.7 Å². The highest BCUT2D eigenvalue weighted by Crippen LogP contribution is 2.32. The van der Waals surface area contributed by atoms with E-state index < -0.39 is 0 Å². The number of benzene rings is 1. The molecule has 1 amide bonds. The fourth-order valence-corrected chi connectivity index (χ4v) is 3.11. The minimum Gasteiger partial charge on any atom is -0.469 e. The number of ether oxygens (including phenoxy) is 1. The molecule has 1 aliphatic heterocycles. The van der Waals surface area contributed by atoms with Crippen molar-refractivity contribution in [3.63, 3.8) is 0 Å². The van der Waals surface area contributed by atoms with E-state index in [1.807, 2.05) is 40.0 Å². The molecule has 2 heterocycles. The van der Waals surface area contributed by atoms with E-state index in [0.717, 1.165) is 17.7 Å². The summed E-state index contributed by atoms with van der Waals surface area (Å²) >= 11 is 0. The largest absolute Gasteiger partial charge is 0.469 e. The molecular formula is C18H21N3O3. The summed E-state index contributed by atoms with van der Waals surface area (Å²) in [6.45, 7) is 0.593. The Morgan fingerprint density at radius 1 is 1.25 bits per heavy atom. The van der Waals surface area contributed by atoms with Crippen LogP contribution in [0.2, 0.25) is 0 Å². The van der Waals surface area contributed by atoms with Gasteiger partial charge in [0.05, 0.1) is 13.2 Å². The van der Waals surface area contributed by atoms with E-state index >= 15 is 0 Å². The van der Waals surface area contributed by atoms with Crippen LogP contribution in [0.25, 0.3) is 0 Å². The van der Waals surface area contributed by atoms with E-state index in [9.17, 15) is 9.59 Å². The van der Waals surface area contributed by atoms with Gasteiger partial charge in [-0.2, -0.15) is 5.10 Å². The van der Waals surface area contributed by atoms with Gasteiger partial charge in [0, 0.05) is 37.5 Å². The second-order valence-electron chi connectivity index (χ2n) is 5.91. The Morgan fingerprint density at radius 2 is 2.08 bits per heavy atom. The van der Waals surface area contributed by atoms with Crippen molar-refractivity contribution in [2.24, 2.45) is 0 Å². The summed E-state index contributed by atoms with van der Waals surface area (Å²) in [6.07, 6.45) is 5.62. The molecule has 0 spiro atoms. The molecule has 0 saturated heterocycles. The Kier molecular flexibility index (Phi) is 4.93. The van der Waals surface area contributed by atoms with E-state index in [2.05, 4.69) is 15.9 Å². The molecule has 0 fully saturated rings. The third kappa shape index (κ3) is 3.48. The van der Waals surface area contributed by atoms with Crippen molar-refractivity contribution in [2.45, 2.75) is 31.7 Å². The van der Waals surface area contributed by atoms with Crippen LogP contribution in [0.15, 0.2) is 42.7 Å². The molecule has 1 atom stereocenters. The number of rotatable bonds is 5. The number of esters is 1. The molecule has 0 aliphatic carbocycles. The van der Waals surface area contributed by atoms with Gasteiger partial charge in [0.15, 0.2) is 0 Å². The van der Waals surface area contributed by atoms with Crippen LogP contribution in [0.1, 0.15) is 30.9 Å². The predicted molar refractivity (Wildman–Crippen MR) is 89.6 cm³/mol. The van der Waals surface area contributed by atoms with Crippen LogP contribution in [0.4, 0.5) is 5.69 Å². The topological polar surface area (TPSA) is 64.4 Å². The van der Waals surface area contributed by atoms with Gasteiger partial charge in [0.2, 0.25) is 5.91 Å².